The fraction of sp³-hybridized carbons (Fsp3) is 0.667. The van der Waals surface area contributed by atoms with Crippen molar-refractivity contribution in [3.8, 4) is 0 Å². The lowest BCUT2D eigenvalue weighted by Crippen LogP contribution is -2.28. The highest BCUT2D eigenvalue weighted by Gasteiger charge is 2.34. The monoisotopic (exact) mass is 273 g/mol. The van der Waals surface area contributed by atoms with Crippen molar-refractivity contribution in [2.45, 2.75) is 45.1 Å². The second kappa shape index (κ2) is 6.28. The third kappa shape index (κ3) is 3.24. The van der Waals surface area contributed by atoms with Crippen LogP contribution in [0.4, 0.5) is 0 Å². The van der Waals surface area contributed by atoms with Crippen LogP contribution in [0.3, 0.4) is 0 Å². The second-order valence-electron chi connectivity index (χ2n) is 6.80. The number of hydrogen-bond donors (Lipinski definition) is 1. The molecule has 1 N–H and O–H groups in total. The van der Waals surface area contributed by atoms with E-state index in [0.717, 1.165) is 31.5 Å². The highest BCUT2D eigenvalue weighted by molar-refractivity contribution is 5.35. The third-order valence-electron chi connectivity index (χ3n) is 4.49. The van der Waals surface area contributed by atoms with E-state index >= 15 is 0 Å². The quantitative estimate of drug-likeness (QED) is 0.849. The lowest BCUT2D eigenvalue weighted by Gasteiger charge is -2.22. The van der Waals surface area contributed by atoms with Crippen LogP contribution in [0.5, 0.6) is 0 Å². The topological polar surface area (TPSA) is 21.3 Å². The molecule has 0 bridgehead atoms. The van der Waals surface area contributed by atoms with Crippen LogP contribution in [-0.2, 0) is 4.74 Å². The van der Waals surface area contributed by atoms with E-state index in [4.69, 9.17) is 4.74 Å². The maximum atomic E-state index is 6.09. The molecular weight excluding hydrogens is 246 g/mol. The van der Waals surface area contributed by atoms with Gasteiger partial charge in [-0.25, -0.2) is 0 Å². The minimum atomic E-state index is 0.312. The molecule has 1 aromatic carbocycles. The molecule has 1 saturated heterocycles. The zero-order valence-electron chi connectivity index (χ0n) is 12.8. The molecule has 0 radical (unpaired) electrons. The first-order chi connectivity index (χ1) is 9.75. The molecule has 0 amide bonds. The van der Waals surface area contributed by atoms with Gasteiger partial charge < -0.3 is 10.1 Å². The summed E-state index contributed by atoms with van der Waals surface area (Å²) in [5.74, 6) is 2.16. The Balaban J connectivity index is 1.68. The largest absolute Gasteiger partial charge is 0.373 e. The zero-order valence-corrected chi connectivity index (χ0v) is 12.8. The van der Waals surface area contributed by atoms with E-state index in [1.54, 1.807) is 5.56 Å². The average Bonchev–Trinajstić information content (AvgIpc) is 3.18. The Morgan fingerprint density at radius 3 is 2.60 bits per heavy atom. The summed E-state index contributed by atoms with van der Waals surface area (Å²) in [6.07, 6.45) is 4.22. The van der Waals surface area contributed by atoms with Crippen molar-refractivity contribution < 1.29 is 4.74 Å². The maximum absolute atomic E-state index is 6.09. The van der Waals surface area contributed by atoms with Crippen molar-refractivity contribution >= 4 is 0 Å². The molecule has 2 atom stereocenters. The number of rotatable bonds is 6. The van der Waals surface area contributed by atoms with Gasteiger partial charge in [-0.1, -0.05) is 38.1 Å². The first-order valence-corrected chi connectivity index (χ1v) is 8.17. The lowest BCUT2D eigenvalue weighted by molar-refractivity contribution is 0.0896. The molecule has 1 aliphatic carbocycles. The van der Waals surface area contributed by atoms with Crippen LogP contribution in [0.25, 0.3) is 0 Å². The molecule has 2 fully saturated rings. The Morgan fingerprint density at radius 1 is 1.15 bits per heavy atom. The Bertz CT molecular complexity index is 439. The van der Waals surface area contributed by atoms with Gasteiger partial charge in [-0.15, -0.1) is 0 Å². The standard InChI is InChI=1S/C18H27NO/c1-13(2)11-19-12-15-9-10-20-18(15)17-6-4-3-5-16(17)14-7-8-14/h3-6,13-15,18-19H,7-12H2,1-2H3. The molecule has 2 unspecified atom stereocenters. The van der Waals surface area contributed by atoms with Gasteiger partial charge in [0.25, 0.3) is 0 Å². The van der Waals surface area contributed by atoms with Crippen molar-refractivity contribution in [2.75, 3.05) is 19.7 Å². The van der Waals surface area contributed by atoms with Crippen molar-refractivity contribution in [3.05, 3.63) is 35.4 Å². The highest BCUT2D eigenvalue weighted by atomic mass is 16.5. The van der Waals surface area contributed by atoms with Crippen LogP contribution in [0.2, 0.25) is 0 Å². The Morgan fingerprint density at radius 2 is 1.90 bits per heavy atom. The molecule has 1 aliphatic heterocycles. The van der Waals surface area contributed by atoms with Gasteiger partial charge in [0.05, 0.1) is 6.10 Å². The van der Waals surface area contributed by atoms with E-state index in [9.17, 15) is 0 Å². The number of nitrogens with one attached hydrogen (secondary N) is 1. The smallest absolute Gasteiger partial charge is 0.0868 e. The normalized spacial score (nSPS) is 26.4. The molecule has 1 saturated carbocycles. The van der Waals surface area contributed by atoms with Gasteiger partial charge in [-0.3, -0.25) is 0 Å². The number of hydrogen-bond acceptors (Lipinski definition) is 2. The lowest BCUT2D eigenvalue weighted by atomic mass is 9.90. The maximum Gasteiger partial charge on any atom is 0.0868 e. The van der Waals surface area contributed by atoms with Crippen molar-refractivity contribution in [1.29, 1.82) is 0 Å². The molecule has 1 aromatic rings. The minimum Gasteiger partial charge on any atom is -0.373 e. The van der Waals surface area contributed by atoms with Gasteiger partial charge in [0.15, 0.2) is 0 Å². The summed E-state index contributed by atoms with van der Waals surface area (Å²) < 4.78 is 6.09. The van der Waals surface area contributed by atoms with Gasteiger partial charge >= 0.3 is 0 Å². The van der Waals surface area contributed by atoms with Crippen LogP contribution >= 0.6 is 0 Å². The van der Waals surface area contributed by atoms with E-state index in [1.807, 2.05) is 0 Å². The van der Waals surface area contributed by atoms with Gasteiger partial charge in [0.2, 0.25) is 0 Å². The Labute approximate surface area is 122 Å². The molecule has 2 heteroatoms. The third-order valence-corrected chi connectivity index (χ3v) is 4.49. The van der Waals surface area contributed by atoms with Gasteiger partial charge in [-0.05, 0) is 48.8 Å². The van der Waals surface area contributed by atoms with E-state index in [1.165, 1.54) is 24.8 Å². The Hall–Kier alpha value is -0.860. The first kappa shape index (κ1) is 14.1. The van der Waals surface area contributed by atoms with Gasteiger partial charge in [0, 0.05) is 19.1 Å². The summed E-state index contributed by atoms with van der Waals surface area (Å²) in [4.78, 5) is 0. The fourth-order valence-corrected chi connectivity index (χ4v) is 3.28. The SMILES string of the molecule is CC(C)CNCC1CCOC1c1ccccc1C1CC1. The summed E-state index contributed by atoms with van der Waals surface area (Å²) in [6, 6.07) is 8.95. The zero-order chi connectivity index (χ0) is 13.9. The molecule has 2 aliphatic rings. The van der Waals surface area contributed by atoms with Crippen LogP contribution in [-0.4, -0.2) is 19.7 Å². The molecule has 2 nitrogen and oxygen atoms in total. The van der Waals surface area contributed by atoms with Crippen LogP contribution in [0, 0.1) is 11.8 Å². The highest BCUT2D eigenvalue weighted by Crippen LogP contribution is 2.46. The Kier molecular flexibility index (Phi) is 4.42. The molecular formula is C18H27NO. The molecule has 3 rings (SSSR count). The molecule has 20 heavy (non-hydrogen) atoms. The first-order valence-electron chi connectivity index (χ1n) is 8.17. The summed E-state index contributed by atoms with van der Waals surface area (Å²) >= 11 is 0. The summed E-state index contributed by atoms with van der Waals surface area (Å²) in [6.45, 7) is 7.63. The minimum absolute atomic E-state index is 0.312. The van der Waals surface area contributed by atoms with Gasteiger partial charge in [-0.2, -0.15) is 0 Å². The summed E-state index contributed by atoms with van der Waals surface area (Å²) in [5, 5.41) is 3.61. The van der Waals surface area contributed by atoms with Crippen LogP contribution < -0.4 is 5.32 Å². The van der Waals surface area contributed by atoms with Crippen LogP contribution in [0.1, 0.15) is 56.3 Å². The van der Waals surface area contributed by atoms with E-state index in [2.05, 4.69) is 43.4 Å². The molecule has 0 spiro atoms. The average molecular weight is 273 g/mol. The molecule has 110 valence electrons. The molecule has 1 heterocycles. The predicted octanol–water partition coefficient (Wildman–Crippen LogP) is 3.89. The second-order valence-corrected chi connectivity index (χ2v) is 6.80. The number of ether oxygens (including phenoxy) is 1. The van der Waals surface area contributed by atoms with Crippen molar-refractivity contribution in [3.63, 3.8) is 0 Å². The van der Waals surface area contributed by atoms with Crippen LogP contribution in [0.15, 0.2) is 24.3 Å². The predicted molar refractivity (Wildman–Crippen MR) is 82.9 cm³/mol. The molecule has 0 aromatic heterocycles. The number of benzene rings is 1. The fourth-order valence-electron chi connectivity index (χ4n) is 3.28. The summed E-state index contributed by atoms with van der Waals surface area (Å²) in [7, 11) is 0. The van der Waals surface area contributed by atoms with E-state index < -0.39 is 0 Å². The van der Waals surface area contributed by atoms with E-state index in [-0.39, 0.29) is 0 Å². The van der Waals surface area contributed by atoms with Crippen molar-refractivity contribution in [2.24, 2.45) is 11.8 Å². The van der Waals surface area contributed by atoms with Crippen molar-refractivity contribution in [1.82, 2.24) is 5.32 Å². The summed E-state index contributed by atoms with van der Waals surface area (Å²) in [5.41, 5.74) is 3.01. The van der Waals surface area contributed by atoms with Gasteiger partial charge in [0.1, 0.15) is 0 Å². The van der Waals surface area contributed by atoms with E-state index in [0.29, 0.717) is 12.0 Å².